The van der Waals surface area contributed by atoms with E-state index in [2.05, 4.69) is 4.98 Å². The number of halogens is 5. The molecule has 1 N–H and O–H groups in total. The molecule has 1 unspecified atom stereocenters. The summed E-state index contributed by atoms with van der Waals surface area (Å²) in [6.07, 6.45) is -4.25. The van der Waals surface area contributed by atoms with Crippen molar-refractivity contribution >= 4 is 17.6 Å². The lowest BCUT2D eigenvalue weighted by Crippen LogP contribution is -2.15. The third kappa shape index (κ3) is 4.50. The molecule has 1 atom stereocenters. The van der Waals surface area contributed by atoms with E-state index in [1.54, 1.807) is 13.8 Å². The fourth-order valence-electron chi connectivity index (χ4n) is 2.41. The van der Waals surface area contributed by atoms with Gasteiger partial charge in [-0.1, -0.05) is 17.7 Å². The summed E-state index contributed by atoms with van der Waals surface area (Å²) in [5, 5.41) is 8.94. The number of alkyl halides is 3. The Labute approximate surface area is 157 Å². The standard InChI is InChI=1S/C18H16ClF4NO3/c1-8(2)27-16-11(9(3)17(25)26)6-12(19)15(20)14(16)10-4-5-13(24-7-10)18(21,22)23/h4-9H,1-3H3,(H,25,26). The molecule has 0 radical (unpaired) electrons. The monoisotopic (exact) mass is 405 g/mol. The summed E-state index contributed by atoms with van der Waals surface area (Å²) in [7, 11) is 0. The van der Waals surface area contributed by atoms with Gasteiger partial charge < -0.3 is 9.84 Å². The molecular formula is C18H16ClF4NO3. The minimum Gasteiger partial charge on any atom is -0.490 e. The van der Waals surface area contributed by atoms with Gasteiger partial charge in [0.2, 0.25) is 0 Å². The molecule has 0 spiro atoms. The summed E-state index contributed by atoms with van der Waals surface area (Å²) in [5.41, 5.74) is -1.28. The summed E-state index contributed by atoms with van der Waals surface area (Å²) < 4.78 is 58.6. The fourth-order valence-corrected chi connectivity index (χ4v) is 2.63. The summed E-state index contributed by atoms with van der Waals surface area (Å²) in [5.74, 6) is -3.31. The second-order valence-corrected chi connectivity index (χ2v) is 6.53. The zero-order chi connectivity index (χ0) is 20.5. The number of carbonyl (C=O) groups is 1. The Balaban J connectivity index is 2.75. The number of aromatic nitrogens is 1. The van der Waals surface area contributed by atoms with Crippen LogP contribution in [0.1, 0.15) is 37.9 Å². The van der Waals surface area contributed by atoms with E-state index < -0.39 is 35.7 Å². The van der Waals surface area contributed by atoms with Crippen LogP contribution in [0.3, 0.4) is 0 Å². The van der Waals surface area contributed by atoms with Gasteiger partial charge in [-0.15, -0.1) is 0 Å². The molecule has 27 heavy (non-hydrogen) atoms. The number of hydrogen-bond donors (Lipinski definition) is 1. The van der Waals surface area contributed by atoms with E-state index >= 15 is 0 Å². The third-order valence-corrected chi connectivity index (χ3v) is 4.01. The maximum atomic E-state index is 14.8. The Morgan fingerprint density at radius 2 is 1.89 bits per heavy atom. The van der Waals surface area contributed by atoms with E-state index in [0.29, 0.717) is 6.07 Å². The van der Waals surface area contributed by atoms with Gasteiger partial charge in [-0.2, -0.15) is 13.2 Å². The molecule has 0 saturated heterocycles. The van der Waals surface area contributed by atoms with Crippen molar-refractivity contribution < 1.29 is 32.2 Å². The highest BCUT2D eigenvalue weighted by atomic mass is 35.5. The number of carboxylic acid groups (broad SMARTS) is 1. The van der Waals surface area contributed by atoms with Crippen molar-refractivity contribution in [2.45, 2.75) is 39.0 Å². The van der Waals surface area contributed by atoms with Crippen molar-refractivity contribution in [3.05, 3.63) is 46.5 Å². The molecule has 1 aromatic carbocycles. The SMILES string of the molecule is CC(C)Oc1c(C(C)C(=O)O)cc(Cl)c(F)c1-c1ccc(C(F)(F)F)nc1. The van der Waals surface area contributed by atoms with Crippen molar-refractivity contribution in [2.24, 2.45) is 0 Å². The highest BCUT2D eigenvalue weighted by Crippen LogP contribution is 2.43. The molecule has 0 fully saturated rings. The van der Waals surface area contributed by atoms with E-state index in [4.69, 9.17) is 16.3 Å². The summed E-state index contributed by atoms with van der Waals surface area (Å²) in [6, 6.07) is 2.89. The van der Waals surface area contributed by atoms with Gasteiger partial charge in [-0.05, 0) is 32.9 Å². The Morgan fingerprint density at radius 1 is 1.26 bits per heavy atom. The Bertz CT molecular complexity index is 851. The molecule has 0 aliphatic rings. The van der Waals surface area contributed by atoms with E-state index in [0.717, 1.165) is 18.3 Å². The Morgan fingerprint density at radius 3 is 2.33 bits per heavy atom. The van der Waals surface area contributed by atoms with Crippen LogP contribution in [-0.2, 0) is 11.0 Å². The minimum atomic E-state index is -4.65. The Hall–Kier alpha value is -2.35. The first-order valence-corrected chi connectivity index (χ1v) is 8.26. The van der Waals surface area contributed by atoms with Gasteiger partial charge in [0.05, 0.1) is 22.6 Å². The van der Waals surface area contributed by atoms with Gasteiger partial charge in [-0.3, -0.25) is 9.78 Å². The van der Waals surface area contributed by atoms with Crippen molar-refractivity contribution in [3.63, 3.8) is 0 Å². The average molecular weight is 406 g/mol. The van der Waals surface area contributed by atoms with Gasteiger partial charge in [0, 0.05) is 17.3 Å². The van der Waals surface area contributed by atoms with Crippen molar-refractivity contribution in [2.75, 3.05) is 0 Å². The number of pyridine rings is 1. The molecule has 4 nitrogen and oxygen atoms in total. The zero-order valence-electron chi connectivity index (χ0n) is 14.6. The highest BCUT2D eigenvalue weighted by Gasteiger charge is 2.33. The van der Waals surface area contributed by atoms with Crippen LogP contribution in [0.2, 0.25) is 5.02 Å². The minimum absolute atomic E-state index is 0.0162. The van der Waals surface area contributed by atoms with E-state index in [-0.39, 0.29) is 27.5 Å². The lowest BCUT2D eigenvalue weighted by Gasteiger charge is -2.22. The molecule has 0 aliphatic heterocycles. The maximum absolute atomic E-state index is 14.8. The summed E-state index contributed by atoms with van der Waals surface area (Å²) in [6.45, 7) is 4.67. The first kappa shape index (κ1) is 21.0. The molecule has 1 heterocycles. The summed E-state index contributed by atoms with van der Waals surface area (Å²) in [4.78, 5) is 14.7. The van der Waals surface area contributed by atoms with Crippen LogP contribution < -0.4 is 4.74 Å². The number of hydrogen-bond acceptors (Lipinski definition) is 3. The molecule has 2 rings (SSSR count). The van der Waals surface area contributed by atoms with Gasteiger partial charge in [0.1, 0.15) is 11.4 Å². The van der Waals surface area contributed by atoms with Crippen LogP contribution in [0.25, 0.3) is 11.1 Å². The number of aliphatic carboxylic acids is 1. The third-order valence-electron chi connectivity index (χ3n) is 3.73. The molecule has 2 aromatic rings. The molecule has 0 aliphatic carbocycles. The first-order chi connectivity index (χ1) is 12.4. The van der Waals surface area contributed by atoms with Crippen molar-refractivity contribution in [1.29, 1.82) is 0 Å². The first-order valence-electron chi connectivity index (χ1n) is 7.88. The van der Waals surface area contributed by atoms with Crippen LogP contribution in [0.15, 0.2) is 24.4 Å². The van der Waals surface area contributed by atoms with Crippen LogP contribution in [0.4, 0.5) is 17.6 Å². The molecule has 146 valence electrons. The predicted octanol–water partition coefficient (Wildman–Crippen LogP) is 5.54. The van der Waals surface area contributed by atoms with E-state index in [9.17, 15) is 27.5 Å². The van der Waals surface area contributed by atoms with E-state index in [1.165, 1.54) is 6.92 Å². The fraction of sp³-hybridized carbons (Fsp3) is 0.333. The quantitative estimate of drug-likeness (QED) is 0.664. The van der Waals surface area contributed by atoms with Crippen molar-refractivity contribution in [1.82, 2.24) is 4.98 Å². The predicted molar refractivity (Wildman–Crippen MR) is 91.5 cm³/mol. The molecule has 0 bridgehead atoms. The molecular weight excluding hydrogens is 390 g/mol. The number of carboxylic acids is 1. The molecule has 0 amide bonds. The molecule has 1 aromatic heterocycles. The number of benzene rings is 1. The maximum Gasteiger partial charge on any atom is 0.433 e. The highest BCUT2D eigenvalue weighted by molar-refractivity contribution is 6.31. The lowest BCUT2D eigenvalue weighted by molar-refractivity contribution is -0.141. The van der Waals surface area contributed by atoms with Gasteiger partial charge in [-0.25, -0.2) is 4.39 Å². The van der Waals surface area contributed by atoms with Gasteiger partial charge in [0.15, 0.2) is 5.82 Å². The number of nitrogens with zero attached hydrogens (tertiary/aromatic N) is 1. The topological polar surface area (TPSA) is 59.4 Å². The van der Waals surface area contributed by atoms with Crippen LogP contribution in [0, 0.1) is 5.82 Å². The second kappa shape index (κ2) is 7.72. The molecule has 9 heteroatoms. The molecule has 0 saturated carbocycles. The average Bonchev–Trinajstić information content (AvgIpc) is 2.56. The zero-order valence-corrected chi connectivity index (χ0v) is 15.3. The normalized spacial score (nSPS) is 12.9. The van der Waals surface area contributed by atoms with Crippen molar-refractivity contribution in [3.8, 4) is 16.9 Å². The number of rotatable bonds is 5. The van der Waals surface area contributed by atoms with Crippen LogP contribution in [0.5, 0.6) is 5.75 Å². The second-order valence-electron chi connectivity index (χ2n) is 6.12. The van der Waals surface area contributed by atoms with Crippen LogP contribution in [-0.4, -0.2) is 22.2 Å². The van der Waals surface area contributed by atoms with E-state index in [1.807, 2.05) is 0 Å². The lowest BCUT2D eigenvalue weighted by atomic mass is 9.94. The van der Waals surface area contributed by atoms with Gasteiger partial charge in [0.25, 0.3) is 0 Å². The smallest absolute Gasteiger partial charge is 0.433 e. The van der Waals surface area contributed by atoms with Crippen LogP contribution >= 0.6 is 11.6 Å². The largest absolute Gasteiger partial charge is 0.490 e. The number of ether oxygens (including phenoxy) is 1. The Kier molecular flexibility index (Phi) is 5.99. The summed E-state index contributed by atoms with van der Waals surface area (Å²) >= 11 is 5.91. The van der Waals surface area contributed by atoms with Gasteiger partial charge >= 0.3 is 12.1 Å².